The number of non-ortho nitro benzene ring substituents is 1. The van der Waals surface area contributed by atoms with E-state index in [1.165, 1.54) is 18.9 Å². The molecular formula is C15H17N3O3. The Morgan fingerprint density at radius 1 is 1.38 bits per heavy atom. The molecule has 1 saturated heterocycles. The fraction of sp³-hybridized carbons (Fsp3) is 0.533. The van der Waals surface area contributed by atoms with E-state index in [1.54, 1.807) is 12.1 Å². The molecule has 2 aliphatic carbocycles. The molecule has 0 bridgehead atoms. The number of hydrogen-bond acceptors (Lipinski definition) is 4. The highest BCUT2D eigenvalue weighted by Crippen LogP contribution is 2.47. The van der Waals surface area contributed by atoms with E-state index in [4.69, 9.17) is 0 Å². The number of nitrogens with zero attached hydrogens (tertiary/aromatic N) is 2. The normalized spacial score (nSPS) is 26.4. The lowest BCUT2D eigenvalue weighted by molar-refractivity contribution is -0.385. The summed E-state index contributed by atoms with van der Waals surface area (Å²) in [5.74, 6) is 0.775. The molecule has 1 atom stereocenters. The van der Waals surface area contributed by atoms with Crippen molar-refractivity contribution in [2.24, 2.45) is 5.92 Å². The van der Waals surface area contributed by atoms with Gasteiger partial charge >= 0.3 is 0 Å². The van der Waals surface area contributed by atoms with E-state index in [9.17, 15) is 14.9 Å². The summed E-state index contributed by atoms with van der Waals surface area (Å²) in [4.78, 5) is 25.0. The van der Waals surface area contributed by atoms with Crippen LogP contribution >= 0.6 is 0 Å². The van der Waals surface area contributed by atoms with Gasteiger partial charge in [0.05, 0.1) is 4.92 Å². The Morgan fingerprint density at radius 3 is 2.76 bits per heavy atom. The number of nitrogens with one attached hydrogen (secondary N) is 1. The van der Waals surface area contributed by atoms with Crippen LogP contribution in [0.25, 0.3) is 0 Å². The summed E-state index contributed by atoms with van der Waals surface area (Å²) in [6, 6.07) is 6.61. The quantitative estimate of drug-likeness (QED) is 0.678. The lowest BCUT2D eigenvalue weighted by Crippen LogP contribution is -2.33. The lowest BCUT2D eigenvalue weighted by atomic mass is 10.1. The number of carbonyl (C=O) groups excluding carboxylic acids is 1. The Morgan fingerprint density at radius 2 is 2.14 bits per heavy atom. The van der Waals surface area contributed by atoms with E-state index < -0.39 is 4.92 Å². The van der Waals surface area contributed by atoms with Gasteiger partial charge in [-0.05, 0) is 37.2 Å². The molecule has 3 fully saturated rings. The molecular weight excluding hydrogens is 270 g/mol. The van der Waals surface area contributed by atoms with Crippen LogP contribution in [-0.4, -0.2) is 27.8 Å². The van der Waals surface area contributed by atoms with Gasteiger partial charge in [0, 0.05) is 18.7 Å². The van der Waals surface area contributed by atoms with E-state index in [0.29, 0.717) is 5.92 Å². The van der Waals surface area contributed by atoms with Gasteiger partial charge in [0.1, 0.15) is 11.7 Å². The molecule has 110 valence electrons. The van der Waals surface area contributed by atoms with Crippen molar-refractivity contribution in [3.8, 4) is 0 Å². The molecule has 1 N–H and O–H groups in total. The second-order valence-electron chi connectivity index (χ2n) is 6.38. The third-order valence-corrected chi connectivity index (χ3v) is 4.69. The first-order valence-corrected chi connectivity index (χ1v) is 7.42. The highest BCUT2D eigenvalue weighted by Gasteiger charge is 2.59. The van der Waals surface area contributed by atoms with Crippen molar-refractivity contribution >= 4 is 11.6 Å². The van der Waals surface area contributed by atoms with Crippen LogP contribution in [0.3, 0.4) is 0 Å². The summed E-state index contributed by atoms with van der Waals surface area (Å²) in [6.45, 7) is 0.765. The molecule has 1 aromatic carbocycles. The van der Waals surface area contributed by atoms with Gasteiger partial charge in [-0.1, -0.05) is 12.1 Å². The third-order valence-electron chi connectivity index (χ3n) is 4.69. The van der Waals surface area contributed by atoms with Gasteiger partial charge in [-0.2, -0.15) is 0 Å². The maximum Gasteiger partial charge on any atom is 0.269 e. The average molecular weight is 287 g/mol. The van der Waals surface area contributed by atoms with E-state index in [-0.39, 0.29) is 23.3 Å². The second kappa shape index (κ2) is 4.27. The Hall–Kier alpha value is -1.95. The van der Waals surface area contributed by atoms with Crippen LogP contribution in [0.2, 0.25) is 0 Å². The zero-order chi connectivity index (χ0) is 14.6. The molecule has 1 aromatic rings. The molecule has 3 aliphatic rings. The Bertz CT molecular complexity index is 622. The molecule has 1 heterocycles. The predicted molar refractivity (Wildman–Crippen MR) is 75.4 cm³/mol. The van der Waals surface area contributed by atoms with Crippen LogP contribution in [0.15, 0.2) is 24.3 Å². The standard InChI is InChI=1S/C15H17N3O3/c19-14-15(6-7-15)16-13(17(14)9-10-4-5-10)11-2-1-3-12(8-11)18(20)21/h1-3,8,10,13,16H,4-7,9H2. The zero-order valence-electron chi connectivity index (χ0n) is 11.6. The number of hydrogen-bond donors (Lipinski definition) is 1. The number of amides is 1. The Labute approximate surface area is 122 Å². The molecule has 1 spiro atoms. The molecule has 0 radical (unpaired) electrons. The number of carbonyl (C=O) groups is 1. The Kier molecular flexibility index (Phi) is 2.60. The first kappa shape index (κ1) is 12.8. The van der Waals surface area contributed by atoms with Crippen molar-refractivity contribution < 1.29 is 9.72 Å². The summed E-state index contributed by atoms with van der Waals surface area (Å²) in [5, 5.41) is 14.4. The maximum atomic E-state index is 12.6. The summed E-state index contributed by atoms with van der Waals surface area (Å²) in [5.41, 5.74) is 0.497. The molecule has 6 nitrogen and oxygen atoms in total. The van der Waals surface area contributed by atoms with E-state index >= 15 is 0 Å². The SMILES string of the molecule is O=C1N(CC2CC2)C(c2cccc([N+](=O)[O-])c2)NC12CC2. The summed E-state index contributed by atoms with van der Waals surface area (Å²) < 4.78 is 0. The highest BCUT2D eigenvalue weighted by atomic mass is 16.6. The van der Waals surface area contributed by atoms with Crippen molar-refractivity contribution in [3.05, 3.63) is 39.9 Å². The smallest absolute Gasteiger partial charge is 0.269 e. The predicted octanol–water partition coefficient (Wildman–Crippen LogP) is 1.97. The number of benzene rings is 1. The van der Waals surface area contributed by atoms with Gasteiger partial charge in [-0.15, -0.1) is 0 Å². The molecule has 1 unspecified atom stereocenters. The van der Waals surface area contributed by atoms with Crippen molar-refractivity contribution in [2.45, 2.75) is 37.4 Å². The van der Waals surface area contributed by atoms with Crippen LogP contribution in [0.5, 0.6) is 0 Å². The van der Waals surface area contributed by atoms with Crippen LogP contribution in [0.1, 0.15) is 37.4 Å². The Balaban J connectivity index is 1.66. The van der Waals surface area contributed by atoms with Crippen LogP contribution in [0, 0.1) is 16.0 Å². The molecule has 2 saturated carbocycles. The zero-order valence-corrected chi connectivity index (χ0v) is 11.6. The first-order chi connectivity index (χ1) is 10.1. The van der Waals surface area contributed by atoms with Gasteiger partial charge in [0.25, 0.3) is 5.69 Å². The molecule has 6 heteroatoms. The lowest BCUT2D eigenvalue weighted by Gasteiger charge is -2.24. The minimum absolute atomic E-state index is 0.0740. The minimum atomic E-state index is -0.390. The van der Waals surface area contributed by atoms with Crippen LogP contribution < -0.4 is 5.32 Å². The second-order valence-corrected chi connectivity index (χ2v) is 6.38. The number of nitro groups is 1. The monoisotopic (exact) mass is 287 g/mol. The third kappa shape index (κ3) is 2.10. The van der Waals surface area contributed by atoms with Gasteiger partial charge in [-0.25, -0.2) is 0 Å². The minimum Gasteiger partial charge on any atom is -0.321 e. The van der Waals surface area contributed by atoms with Gasteiger partial charge in [0.15, 0.2) is 0 Å². The topological polar surface area (TPSA) is 75.5 Å². The highest BCUT2D eigenvalue weighted by molar-refractivity contribution is 5.92. The first-order valence-electron chi connectivity index (χ1n) is 7.42. The maximum absolute atomic E-state index is 12.6. The molecule has 21 heavy (non-hydrogen) atoms. The number of nitro benzene ring substituents is 1. The van der Waals surface area contributed by atoms with Crippen LogP contribution in [-0.2, 0) is 4.79 Å². The fourth-order valence-corrected chi connectivity index (χ4v) is 3.12. The van der Waals surface area contributed by atoms with Gasteiger partial charge < -0.3 is 4.90 Å². The van der Waals surface area contributed by atoms with Gasteiger partial charge in [0.2, 0.25) is 5.91 Å². The fourth-order valence-electron chi connectivity index (χ4n) is 3.12. The summed E-state index contributed by atoms with van der Waals surface area (Å²) in [6.07, 6.45) is 3.88. The summed E-state index contributed by atoms with van der Waals surface area (Å²) in [7, 11) is 0. The number of rotatable bonds is 4. The van der Waals surface area contributed by atoms with Crippen molar-refractivity contribution in [1.29, 1.82) is 0 Å². The van der Waals surface area contributed by atoms with Crippen LogP contribution in [0.4, 0.5) is 5.69 Å². The molecule has 1 amide bonds. The van der Waals surface area contributed by atoms with E-state index in [2.05, 4.69) is 5.32 Å². The van der Waals surface area contributed by atoms with Crippen molar-refractivity contribution in [2.75, 3.05) is 6.54 Å². The van der Waals surface area contributed by atoms with Crippen molar-refractivity contribution in [1.82, 2.24) is 10.2 Å². The average Bonchev–Trinajstić information content (AvgIpc) is 3.37. The molecule has 0 aromatic heterocycles. The van der Waals surface area contributed by atoms with Crippen molar-refractivity contribution in [3.63, 3.8) is 0 Å². The van der Waals surface area contributed by atoms with E-state index in [0.717, 1.165) is 24.9 Å². The largest absolute Gasteiger partial charge is 0.321 e. The van der Waals surface area contributed by atoms with E-state index in [1.807, 2.05) is 11.0 Å². The van der Waals surface area contributed by atoms with Gasteiger partial charge in [-0.3, -0.25) is 20.2 Å². The summed E-state index contributed by atoms with van der Waals surface area (Å²) >= 11 is 0. The molecule has 4 rings (SSSR count). The molecule has 1 aliphatic heterocycles.